The van der Waals surface area contributed by atoms with E-state index in [-0.39, 0.29) is 10.8 Å². The van der Waals surface area contributed by atoms with E-state index >= 15 is 0 Å². The van der Waals surface area contributed by atoms with Gasteiger partial charge in [-0.15, -0.1) is 0 Å². The monoisotopic (exact) mass is 623 g/mol. The van der Waals surface area contributed by atoms with E-state index in [0.717, 1.165) is 41.3 Å². The molecular formula is C44H78O. The third kappa shape index (κ3) is 9.87. The molecule has 5 rings (SSSR count). The Morgan fingerprint density at radius 2 is 0.733 bits per heavy atom. The second-order valence-electron chi connectivity index (χ2n) is 18.1. The minimum Gasteiger partial charge on any atom is -0.298 e. The number of Topliss-reactive ketones (excluding diaryl/α,β-unsaturated/α-hetero) is 1. The molecule has 260 valence electrons. The molecule has 1 nitrogen and oxygen atoms in total. The predicted octanol–water partition coefficient (Wildman–Crippen LogP) is 14.2. The minimum atomic E-state index is 0.131. The predicted molar refractivity (Wildman–Crippen MR) is 195 cm³/mol. The Labute approximate surface area is 282 Å². The molecule has 0 saturated heterocycles. The van der Waals surface area contributed by atoms with Gasteiger partial charge in [-0.2, -0.15) is 0 Å². The summed E-state index contributed by atoms with van der Waals surface area (Å²) in [5.41, 5.74) is 0.261. The highest BCUT2D eigenvalue weighted by molar-refractivity contribution is 5.96. The normalized spacial score (nSPS) is 37.2. The van der Waals surface area contributed by atoms with Crippen LogP contribution >= 0.6 is 0 Å². The van der Waals surface area contributed by atoms with Crippen LogP contribution in [0.25, 0.3) is 0 Å². The fourth-order valence-electron chi connectivity index (χ4n) is 12.1. The summed E-state index contributed by atoms with van der Waals surface area (Å²) in [7, 11) is 0. The van der Waals surface area contributed by atoms with E-state index in [2.05, 4.69) is 13.8 Å². The first-order valence-electron chi connectivity index (χ1n) is 21.6. The highest BCUT2D eigenvalue weighted by Gasteiger charge is 2.63. The maximum Gasteiger partial charge on any atom is 0.145 e. The van der Waals surface area contributed by atoms with Crippen LogP contribution in [0.2, 0.25) is 0 Å². The molecule has 0 radical (unpaired) electrons. The number of hydrogen-bond acceptors (Lipinski definition) is 1. The SMILES string of the molecule is CCCCCCCCC[C@H]1CC[C@H](C2CCC3(CC2)CC2(CCC([C@H]4CC[C@H](CCCCCCCCC)CC4)CC2)C3=O)CC1. The van der Waals surface area contributed by atoms with Crippen LogP contribution in [0, 0.1) is 46.3 Å². The van der Waals surface area contributed by atoms with Gasteiger partial charge in [-0.05, 0) is 119 Å². The summed E-state index contributed by atoms with van der Waals surface area (Å²) in [4.78, 5) is 14.0. The Balaban J connectivity index is 0.921. The zero-order valence-electron chi connectivity index (χ0n) is 30.7. The van der Waals surface area contributed by atoms with Crippen LogP contribution in [-0.2, 0) is 4.79 Å². The first-order valence-corrected chi connectivity index (χ1v) is 21.6. The van der Waals surface area contributed by atoms with Gasteiger partial charge in [-0.3, -0.25) is 4.79 Å². The Morgan fingerprint density at radius 1 is 0.422 bits per heavy atom. The number of unbranched alkanes of at least 4 members (excludes halogenated alkanes) is 12. The molecule has 5 saturated carbocycles. The molecule has 0 N–H and O–H groups in total. The molecule has 45 heavy (non-hydrogen) atoms. The Hall–Kier alpha value is -0.330. The summed E-state index contributed by atoms with van der Waals surface area (Å²) in [5, 5.41) is 0. The summed E-state index contributed by atoms with van der Waals surface area (Å²) in [6, 6.07) is 0. The van der Waals surface area contributed by atoms with Gasteiger partial charge < -0.3 is 0 Å². The summed E-state index contributed by atoms with van der Waals surface area (Å²) >= 11 is 0. The molecule has 0 aromatic rings. The topological polar surface area (TPSA) is 17.1 Å². The second-order valence-corrected chi connectivity index (χ2v) is 18.1. The summed E-state index contributed by atoms with van der Waals surface area (Å²) in [6.45, 7) is 4.63. The Kier molecular flexibility index (Phi) is 14.7. The third-order valence-electron chi connectivity index (χ3n) is 15.2. The highest BCUT2D eigenvalue weighted by Crippen LogP contribution is 2.65. The first-order chi connectivity index (χ1) is 22.1. The Bertz CT molecular complexity index is 744. The van der Waals surface area contributed by atoms with E-state index in [0.29, 0.717) is 0 Å². The highest BCUT2D eigenvalue weighted by atomic mass is 16.1. The number of rotatable bonds is 18. The second kappa shape index (κ2) is 18.4. The van der Waals surface area contributed by atoms with Crippen LogP contribution in [-0.4, -0.2) is 5.78 Å². The van der Waals surface area contributed by atoms with E-state index in [1.54, 1.807) is 0 Å². The van der Waals surface area contributed by atoms with Crippen LogP contribution in [0.15, 0.2) is 0 Å². The molecule has 5 aliphatic rings. The summed E-state index contributed by atoms with van der Waals surface area (Å²) in [6.07, 6.45) is 47.1. The van der Waals surface area contributed by atoms with Crippen molar-refractivity contribution in [1.29, 1.82) is 0 Å². The maximum atomic E-state index is 14.0. The van der Waals surface area contributed by atoms with E-state index in [9.17, 15) is 4.79 Å². The van der Waals surface area contributed by atoms with Gasteiger partial charge in [0.05, 0.1) is 0 Å². The van der Waals surface area contributed by atoms with Crippen molar-refractivity contribution in [1.82, 2.24) is 0 Å². The zero-order chi connectivity index (χ0) is 31.4. The molecule has 5 aliphatic carbocycles. The van der Waals surface area contributed by atoms with Crippen molar-refractivity contribution in [2.45, 2.75) is 226 Å². The van der Waals surface area contributed by atoms with Crippen molar-refractivity contribution in [3.05, 3.63) is 0 Å². The lowest BCUT2D eigenvalue weighted by molar-refractivity contribution is -0.170. The molecule has 0 atom stereocenters. The minimum absolute atomic E-state index is 0.131. The summed E-state index contributed by atoms with van der Waals surface area (Å²) in [5.74, 6) is 6.67. The smallest absolute Gasteiger partial charge is 0.145 e. The van der Waals surface area contributed by atoms with Crippen LogP contribution in [0.1, 0.15) is 226 Å². The van der Waals surface area contributed by atoms with Crippen molar-refractivity contribution in [3.63, 3.8) is 0 Å². The molecule has 0 aliphatic heterocycles. The quantitative estimate of drug-likeness (QED) is 0.139. The lowest BCUT2D eigenvalue weighted by Crippen LogP contribution is -2.60. The molecule has 5 fully saturated rings. The fourth-order valence-corrected chi connectivity index (χ4v) is 12.1. The van der Waals surface area contributed by atoms with E-state index in [1.165, 1.54) is 212 Å². The van der Waals surface area contributed by atoms with E-state index in [4.69, 9.17) is 0 Å². The first kappa shape index (κ1) is 36.0. The van der Waals surface area contributed by atoms with Gasteiger partial charge in [0.2, 0.25) is 0 Å². The number of carbonyl (C=O) groups excluding carboxylic acids is 1. The van der Waals surface area contributed by atoms with Crippen LogP contribution in [0.3, 0.4) is 0 Å². The molecule has 1 heteroatoms. The van der Waals surface area contributed by atoms with Crippen molar-refractivity contribution < 1.29 is 4.79 Å². The average Bonchev–Trinajstić information content (AvgIpc) is 3.08. The largest absolute Gasteiger partial charge is 0.298 e. The van der Waals surface area contributed by atoms with Crippen LogP contribution in [0.5, 0.6) is 0 Å². The summed E-state index contributed by atoms with van der Waals surface area (Å²) < 4.78 is 0. The molecule has 0 heterocycles. The van der Waals surface area contributed by atoms with Gasteiger partial charge in [-0.25, -0.2) is 0 Å². The Morgan fingerprint density at radius 3 is 1.07 bits per heavy atom. The van der Waals surface area contributed by atoms with Gasteiger partial charge in [0.25, 0.3) is 0 Å². The van der Waals surface area contributed by atoms with Crippen molar-refractivity contribution in [3.8, 4) is 0 Å². The van der Waals surface area contributed by atoms with Gasteiger partial charge in [0.15, 0.2) is 0 Å². The molecule has 0 amide bonds. The molecule has 0 bridgehead atoms. The van der Waals surface area contributed by atoms with Gasteiger partial charge >= 0.3 is 0 Å². The van der Waals surface area contributed by atoms with Crippen molar-refractivity contribution in [2.24, 2.45) is 46.3 Å². The third-order valence-corrected chi connectivity index (χ3v) is 15.2. The van der Waals surface area contributed by atoms with Crippen molar-refractivity contribution >= 4 is 5.78 Å². The fraction of sp³-hybridized carbons (Fsp3) is 0.977. The van der Waals surface area contributed by atoms with Crippen LogP contribution in [0.4, 0.5) is 0 Å². The van der Waals surface area contributed by atoms with Crippen LogP contribution < -0.4 is 0 Å². The lowest BCUT2D eigenvalue weighted by Gasteiger charge is -2.60. The zero-order valence-corrected chi connectivity index (χ0v) is 30.7. The molecule has 0 aromatic heterocycles. The number of ketones is 1. The van der Waals surface area contributed by atoms with Gasteiger partial charge in [0.1, 0.15) is 5.78 Å². The number of carbonyl (C=O) groups is 1. The molecule has 0 unspecified atom stereocenters. The standard InChI is InChI=1S/C44H78O/c1-3-5-7-9-11-13-15-17-36-19-23-38(24-20-36)40-27-31-43(32-28-40)35-44(42(43)45)33-29-41(30-34-44)39-25-21-37(22-26-39)18-16-14-12-10-8-6-4-2/h36-41H,3-35H2,1-2H3/t36-,37-,38-,39-,40?,41?,43?,44?. The van der Waals surface area contributed by atoms with Gasteiger partial charge in [0, 0.05) is 10.8 Å². The lowest BCUT2D eigenvalue weighted by atomic mass is 9.42. The molecule has 2 spiro atoms. The molecule has 0 aromatic carbocycles. The van der Waals surface area contributed by atoms with Crippen molar-refractivity contribution in [2.75, 3.05) is 0 Å². The molecular weight excluding hydrogens is 544 g/mol. The van der Waals surface area contributed by atoms with E-state index in [1.807, 2.05) is 0 Å². The number of hydrogen-bond donors (Lipinski definition) is 0. The maximum absolute atomic E-state index is 14.0. The van der Waals surface area contributed by atoms with E-state index < -0.39 is 0 Å². The average molecular weight is 623 g/mol. The van der Waals surface area contributed by atoms with Gasteiger partial charge in [-0.1, -0.05) is 142 Å².